The first-order valence-electron chi connectivity index (χ1n) is 7.80. The highest BCUT2D eigenvalue weighted by Crippen LogP contribution is 2.20. The van der Waals surface area contributed by atoms with Crippen molar-refractivity contribution in [3.8, 4) is 5.75 Å². The second kappa shape index (κ2) is 9.13. The zero-order valence-corrected chi connectivity index (χ0v) is 14.2. The van der Waals surface area contributed by atoms with Crippen molar-refractivity contribution in [2.24, 2.45) is 0 Å². The largest absolute Gasteiger partial charge is 0.494 e. The second-order valence-corrected chi connectivity index (χ2v) is 5.67. The van der Waals surface area contributed by atoms with Gasteiger partial charge in [-0.2, -0.15) is 0 Å². The zero-order valence-electron chi connectivity index (χ0n) is 13.4. The van der Waals surface area contributed by atoms with Crippen molar-refractivity contribution in [2.75, 3.05) is 23.8 Å². The number of unbranched alkanes of at least 4 members (excludes halogenated alkanes) is 1. The molecule has 0 spiro atoms. The highest BCUT2D eigenvalue weighted by Gasteiger charge is 2.06. The molecule has 0 unspecified atom stereocenters. The van der Waals surface area contributed by atoms with Crippen LogP contribution in [0.2, 0.25) is 5.02 Å². The topological polar surface area (TPSA) is 50.4 Å². The summed E-state index contributed by atoms with van der Waals surface area (Å²) < 4.78 is 18.7. The summed E-state index contributed by atoms with van der Waals surface area (Å²) in [7, 11) is 0. The third-order valence-electron chi connectivity index (χ3n) is 3.26. The third-order valence-corrected chi connectivity index (χ3v) is 3.55. The minimum atomic E-state index is -0.521. The minimum absolute atomic E-state index is 0.0299. The summed E-state index contributed by atoms with van der Waals surface area (Å²) >= 11 is 5.68. The Hall–Kier alpha value is -2.27. The van der Waals surface area contributed by atoms with Gasteiger partial charge in [-0.3, -0.25) is 4.79 Å². The molecular weight excluding hydrogens is 331 g/mol. The van der Waals surface area contributed by atoms with Crippen LogP contribution in [-0.4, -0.2) is 19.1 Å². The van der Waals surface area contributed by atoms with Crippen LogP contribution in [0.4, 0.5) is 15.8 Å². The number of halogens is 2. The molecule has 1 amide bonds. The first-order chi connectivity index (χ1) is 11.6. The lowest BCUT2D eigenvalue weighted by Crippen LogP contribution is -2.21. The molecule has 0 aromatic heterocycles. The number of rotatable bonds is 8. The van der Waals surface area contributed by atoms with Crippen LogP contribution in [0.25, 0.3) is 0 Å². The van der Waals surface area contributed by atoms with Crippen molar-refractivity contribution in [3.63, 3.8) is 0 Å². The standard InChI is InChI=1S/C18H20ClFN2O2/c1-2-3-9-24-15-6-4-5-13(10-15)21-12-18(23)22-14-7-8-17(20)16(19)11-14/h4-8,10-11,21H,2-3,9,12H2,1H3,(H,22,23). The molecule has 2 aromatic carbocycles. The minimum Gasteiger partial charge on any atom is -0.494 e. The van der Waals surface area contributed by atoms with E-state index in [2.05, 4.69) is 17.6 Å². The van der Waals surface area contributed by atoms with Gasteiger partial charge in [0.15, 0.2) is 0 Å². The van der Waals surface area contributed by atoms with Gasteiger partial charge in [-0.1, -0.05) is 31.0 Å². The zero-order chi connectivity index (χ0) is 17.4. The van der Waals surface area contributed by atoms with Crippen LogP contribution in [0.3, 0.4) is 0 Å². The fourth-order valence-electron chi connectivity index (χ4n) is 1.99. The fourth-order valence-corrected chi connectivity index (χ4v) is 2.17. The molecule has 0 saturated heterocycles. The van der Waals surface area contributed by atoms with Crippen molar-refractivity contribution in [2.45, 2.75) is 19.8 Å². The van der Waals surface area contributed by atoms with Crippen LogP contribution in [0.5, 0.6) is 5.75 Å². The van der Waals surface area contributed by atoms with E-state index in [1.165, 1.54) is 18.2 Å². The number of ether oxygens (including phenoxy) is 1. The Morgan fingerprint density at radius 2 is 2.04 bits per heavy atom. The number of carbonyl (C=O) groups is 1. The van der Waals surface area contributed by atoms with Crippen molar-refractivity contribution in [1.29, 1.82) is 0 Å². The monoisotopic (exact) mass is 350 g/mol. The van der Waals surface area contributed by atoms with Crippen LogP contribution in [-0.2, 0) is 4.79 Å². The van der Waals surface area contributed by atoms with E-state index in [4.69, 9.17) is 16.3 Å². The first kappa shape index (κ1) is 18.1. The van der Waals surface area contributed by atoms with E-state index in [0.717, 1.165) is 24.3 Å². The summed E-state index contributed by atoms with van der Waals surface area (Å²) in [5.41, 5.74) is 1.24. The summed E-state index contributed by atoms with van der Waals surface area (Å²) in [5.74, 6) is -0.0122. The highest BCUT2D eigenvalue weighted by molar-refractivity contribution is 6.31. The highest BCUT2D eigenvalue weighted by atomic mass is 35.5. The maximum absolute atomic E-state index is 13.1. The Kier molecular flexibility index (Phi) is 6.88. The molecule has 0 aliphatic carbocycles. The van der Waals surface area contributed by atoms with Gasteiger partial charge in [0.25, 0.3) is 0 Å². The molecule has 0 aliphatic heterocycles. The van der Waals surface area contributed by atoms with E-state index in [-0.39, 0.29) is 17.5 Å². The van der Waals surface area contributed by atoms with E-state index >= 15 is 0 Å². The average molecular weight is 351 g/mol. The van der Waals surface area contributed by atoms with Gasteiger partial charge < -0.3 is 15.4 Å². The molecule has 2 rings (SSSR count). The molecule has 0 atom stereocenters. The van der Waals surface area contributed by atoms with Crippen LogP contribution >= 0.6 is 11.6 Å². The van der Waals surface area contributed by atoms with Gasteiger partial charge in [0.05, 0.1) is 18.2 Å². The van der Waals surface area contributed by atoms with Gasteiger partial charge in [0.2, 0.25) is 5.91 Å². The van der Waals surface area contributed by atoms with Gasteiger partial charge in [-0.05, 0) is 36.8 Å². The number of benzene rings is 2. The lowest BCUT2D eigenvalue weighted by Gasteiger charge is -2.10. The Morgan fingerprint density at radius 3 is 2.79 bits per heavy atom. The molecule has 0 bridgehead atoms. The van der Waals surface area contributed by atoms with Gasteiger partial charge in [-0.15, -0.1) is 0 Å². The lowest BCUT2D eigenvalue weighted by atomic mass is 10.3. The maximum Gasteiger partial charge on any atom is 0.243 e. The molecule has 24 heavy (non-hydrogen) atoms. The SMILES string of the molecule is CCCCOc1cccc(NCC(=O)Nc2ccc(F)c(Cl)c2)c1. The van der Waals surface area contributed by atoms with Crippen LogP contribution in [0.15, 0.2) is 42.5 Å². The molecule has 2 N–H and O–H groups in total. The third kappa shape index (κ3) is 5.74. The average Bonchev–Trinajstić information content (AvgIpc) is 2.57. The molecule has 6 heteroatoms. The van der Waals surface area contributed by atoms with E-state index in [1.54, 1.807) is 0 Å². The number of hydrogen-bond acceptors (Lipinski definition) is 3. The summed E-state index contributed by atoms with van der Waals surface area (Å²) in [6.07, 6.45) is 2.08. The molecular formula is C18H20ClFN2O2. The number of hydrogen-bond donors (Lipinski definition) is 2. The van der Waals surface area contributed by atoms with E-state index in [9.17, 15) is 9.18 Å². The maximum atomic E-state index is 13.1. The van der Waals surface area contributed by atoms with Crippen molar-refractivity contribution >= 4 is 28.9 Å². The molecule has 0 fully saturated rings. The number of amides is 1. The number of carbonyl (C=O) groups excluding carboxylic acids is 1. The predicted octanol–water partition coefficient (Wildman–Crippen LogP) is 4.71. The van der Waals surface area contributed by atoms with Crippen molar-refractivity contribution in [1.82, 2.24) is 0 Å². The Bertz CT molecular complexity index is 694. The Morgan fingerprint density at radius 1 is 1.21 bits per heavy atom. The lowest BCUT2D eigenvalue weighted by molar-refractivity contribution is -0.114. The van der Waals surface area contributed by atoms with Crippen LogP contribution in [0, 0.1) is 5.82 Å². The van der Waals surface area contributed by atoms with Crippen LogP contribution in [0.1, 0.15) is 19.8 Å². The summed E-state index contributed by atoms with van der Waals surface area (Å²) in [5, 5.41) is 5.65. The molecule has 0 heterocycles. The quantitative estimate of drug-likeness (QED) is 0.678. The first-order valence-corrected chi connectivity index (χ1v) is 8.18. The normalized spacial score (nSPS) is 10.3. The summed E-state index contributed by atoms with van der Waals surface area (Å²) in [4.78, 5) is 11.9. The van der Waals surface area contributed by atoms with Gasteiger partial charge >= 0.3 is 0 Å². The number of anilines is 2. The van der Waals surface area contributed by atoms with E-state index in [1.807, 2.05) is 24.3 Å². The van der Waals surface area contributed by atoms with E-state index in [0.29, 0.717) is 12.3 Å². The molecule has 0 aliphatic rings. The van der Waals surface area contributed by atoms with Crippen molar-refractivity contribution < 1.29 is 13.9 Å². The predicted molar refractivity (Wildman–Crippen MR) is 95.4 cm³/mol. The smallest absolute Gasteiger partial charge is 0.243 e. The van der Waals surface area contributed by atoms with Crippen LogP contribution < -0.4 is 15.4 Å². The van der Waals surface area contributed by atoms with Gasteiger partial charge in [0, 0.05) is 17.4 Å². The summed E-state index contributed by atoms with van der Waals surface area (Å²) in [6.45, 7) is 2.85. The van der Waals surface area contributed by atoms with E-state index < -0.39 is 5.82 Å². The second-order valence-electron chi connectivity index (χ2n) is 5.26. The molecule has 4 nitrogen and oxygen atoms in total. The van der Waals surface area contributed by atoms with Crippen molar-refractivity contribution in [3.05, 3.63) is 53.3 Å². The molecule has 0 saturated carbocycles. The Labute approximate surface area is 146 Å². The van der Waals surface area contributed by atoms with Gasteiger partial charge in [0.1, 0.15) is 11.6 Å². The molecule has 128 valence electrons. The van der Waals surface area contributed by atoms with Gasteiger partial charge in [-0.25, -0.2) is 4.39 Å². The summed E-state index contributed by atoms with van der Waals surface area (Å²) in [6, 6.07) is 11.5. The Balaban J connectivity index is 1.84. The molecule has 0 radical (unpaired) electrons. The number of nitrogens with one attached hydrogen (secondary N) is 2. The fraction of sp³-hybridized carbons (Fsp3) is 0.278. The molecule has 2 aromatic rings.